The molecule has 0 bridgehead atoms. The lowest BCUT2D eigenvalue weighted by molar-refractivity contribution is 0.531. The molecular weight excluding hydrogens is 240 g/mol. The quantitative estimate of drug-likeness (QED) is 0.882. The Morgan fingerprint density at radius 1 is 1.39 bits per heavy atom. The Labute approximate surface area is 114 Å². The van der Waals surface area contributed by atoms with Crippen molar-refractivity contribution in [1.29, 1.82) is 5.26 Å². The minimum atomic E-state index is 0.613. The summed E-state index contributed by atoms with van der Waals surface area (Å²) in [6, 6.07) is 10.7. The summed E-state index contributed by atoms with van der Waals surface area (Å²) in [4.78, 5) is 0. The van der Waals surface area contributed by atoms with Crippen molar-refractivity contribution in [2.45, 2.75) is 44.0 Å². The molecule has 1 saturated carbocycles. The number of nitrogens with one attached hydrogen (secondary N) is 1. The van der Waals surface area contributed by atoms with Crippen molar-refractivity contribution in [3.63, 3.8) is 0 Å². The molecule has 0 heterocycles. The van der Waals surface area contributed by atoms with Crippen molar-refractivity contribution in [1.82, 2.24) is 5.32 Å². The van der Waals surface area contributed by atoms with Crippen LogP contribution in [0.1, 0.15) is 37.3 Å². The number of rotatable bonds is 5. The number of hydrogen-bond donors (Lipinski definition) is 1. The molecular formula is C15H20N2S. The van der Waals surface area contributed by atoms with Crippen molar-refractivity contribution < 1.29 is 0 Å². The second-order valence-corrected chi connectivity index (χ2v) is 6.20. The molecule has 1 aliphatic carbocycles. The topological polar surface area (TPSA) is 35.8 Å². The summed E-state index contributed by atoms with van der Waals surface area (Å²) in [6.07, 6.45) is 3.93. The highest BCUT2D eigenvalue weighted by Crippen LogP contribution is 2.30. The van der Waals surface area contributed by atoms with E-state index in [-0.39, 0.29) is 0 Å². The van der Waals surface area contributed by atoms with E-state index < -0.39 is 0 Å². The van der Waals surface area contributed by atoms with Gasteiger partial charge in [0.25, 0.3) is 0 Å². The van der Waals surface area contributed by atoms with Crippen molar-refractivity contribution >= 4 is 11.8 Å². The molecule has 2 unspecified atom stereocenters. The average Bonchev–Trinajstić information content (AvgIpc) is 2.84. The van der Waals surface area contributed by atoms with Gasteiger partial charge in [-0.05, 0) is 30.2 Å². The molecule has 0 aromatic heterocycles. The van der Waals surface area contributed by atoms with Gasteiger partial charge in [-0.2, -0.15) is 17.0 Å². The lowest BCUT2D eigenvalue weighted by atomic mass is 10.1. The van der Waals surface area contributed by atoms with Crippen LogP contribution in [0, 0.1) is 11.3 Å². The van der Waals surface area contributed by atoms with Gasteiger partial charge in [0.05, 0.1) is 11.6 Å². The van der Waals surface area contributed by atoms with Crippen molar-refractivity contribution in [2.75, 3.05) is 5.75 Å². The third kappa shape index (κ3) is 3.28. The van der Waals surface area contributed by atoms with E-state index >= 15 is 0 Å². The van der Waals surface area contributed by atoms with Gasteiger partial charge in [-0.25, -0.2) is 0 Å². The molecule has 1 aromatic rings. The van der Waals surface area contributed by atoms with Crippen LogP contribution in [0.4, 0.5) is 0 Å². The van der Waals surface area contributed by atoms with E-state index in [1.807, 2.05) is 24.3 Å². The molecule has 18 heavy (non-hydrogen) atoms. The van der Waals surface area contributed by atoms with Crippen LogP contribution in [0.3, 0.4) is 0 Å². The Morgan fingerprint density at radius 3 is 3.00 bits per heavy atom. The zero-order chi connectivity index (χ0) is 12.8. The van der Waals surface area contributed by atoms with E-state index in [1.54, 1.807) is 0 Å². The maximum absolute atomic E-state index is 9.06. The van der Waals surface area contributed by atoms with Crippen molar-refractivity contribution in [3.8, 4) is 6.07 Å². The lowest BCUT2D eigenvalue weighted by Crippen LogP contribution is -2.33. The second-order valence-electron chi connectivity index (χ2n) is 4.68. The van der Waals surface area contributed by atoms with Gasteiger partial charge in [-0.1, -0.05) is 31.5 Å². The van der Waals surface area contributed by atoms with E-state index in [0.717, 1.165) is 22.9 Å². The average molecular weight is 260 g/mol. The molecule has 0 radical (unpaired) electrons. The summed E-state index contributed by atoms with van der Waals surface area (Å²) < 4.78 is 0. The Balaban J connectivity index is 1.93. The highest BCUT2D eigenvalue weighted by Gasteiger charge is 2.26. The highest BCUT2D eigenvalue weighted by molar-refractivity contribution is 7.99. The fourth-order valence-corrected chi connectivity index (χ4v) is 3.82. The number of nitriles is 1. The molecule has 0 saturated heterocycles. The fraction of sp³-hybridized carbons (Fsp3) is 0.533. The van der Waals surface area contributed by atoms with Crippen LogP contribution in [-0.2, 0) is 6.54 Å². The first-order chi connectivity index (χ1) is 8.85. The number of benzene rings is 1. The molecule has 1 aromatic carbocycles. The summed E-state index contributed by atoms with van der Waals surface area (Å²) in [5, 5.41) is 13.5. The Bertz CT molecular complexity index is 425. The van der Waals surface area contributed by atoms with Crippen LogP contribution in [0.2, 0.25) is 0 Å². The van der Waals surface area contributed by atoms with Crippen LogP contribution in [0.5, 0.6) is 0 Å². The molecule has 1 fully saturated rings. The fourth-order valence-electron chi connectivity index (χ4n) is 2.60. The third-order valence-electron chi connectivity index (χ3n) is 3.53. The first-order valence-corrected chi connectivity index (χ1v) is 7.73. The minimum absolute atomic E-state index is 0.613. The predicted molar refractivity (Wildman–Crippen MR) is 77.6 cm³/mol. The number of hydrogen-bond acceptors (Lipinski definition) is 3. The van der Waals surface area contributed by atoms with E-state index in [4.69, 9.17) is 5.26 Å². The van der Waals surface area contributed by atoms with E-state index in [1.165, 1.54) is 25.0 Å². The molecule has 2 atom stereocenters. The molecule has 1 N–H and O–H groups in total. The Morgan fingerprint density at radius 2 is 2.22 bits per heavy atom. The molecule has 0 amide bonds. The van der Waals surface area contributed by atoms with Gasteiger partial charge in [0.15, 0.2) is 0 Å². The molecule has 0 aliphatic heterocycles. The molecule has 96 valence electrons. The van der Waals surface area contributed by atoms with Crippen LogP contribution < -0.4 is 5.32 Å². The van der Waals surface area contributed by atoms with E-state index in [9.17, 15) is 0 Å². The van der Waals surface area contributed by atoms with E-state index in [2.05, 4.69) is 30.1 Å². The van der Waals surface area contributed by atoms with Crippen LogP contribution in [-0.4, -0.2) is 17.0 Å². The summed E-state index contributed by atoms with van der Waals surface area (Å²) in [5.74, 6) is 1.19. The molecule has 0 spiro atoms. The molecule has 3 heteroatoms. The van der Waals surface area contributed by atoms with Crippen LogP contribution >= 0.6 is 11.8 Å². The predicted octanol–water partition coefficient (Wildman–Crippen LogP) is 3.32. The van der Waals surface area contributed by atoms with E-state index in [0.29, 0.717) is 6.04 Å². The monoisotopic (exact) mass is 260 g/mol. The number of thioether (sulfide) groups is 1. The summed E-state index contributed by atoms with van der Waals surface area (Å²) >= 11 is 2.06. The Hall–Kier alpha value is -0.980. The minimum Gasteiger partial charge on any atom is -0.309 e. The van der Waals surface area contributed by atoms with Gasteiger partial charge in [-0.15, -0.1) is 0 Å². The zero-order valence-corrected chi connectivity index (χ0v) is 11.7. The number of nitrogens with zero attached hydrogens (tertiary/aromatic N) is 1. The van der Waals surface area contributed by atoms with Gasteiger partial charge in [-0.3, -0.25) is 0 Å². The third-order valence-corrected chi connectivity index (χ3v) is 4.85. The van der Waals surface area contributed by atoms with Gasteiger partial charge >= 0.3 is 0 Å². The zero-order valence-electron chi connectivity index (χ0n) is 10.9. The van der Waals surface area contributed by atoms with Crippen molar-refractivity contribution in [3.05, 3.63) is 35.4 Å². The SMILES string of the molecule is CCSC1CCCC1NCc1ccccc1C#N. The second kappa shape index (κ2) is 6.82. The standard InChI is InChI=1S/C15H20N2S/c1-2-18-15-9-5-8-14(15)17-11-13-7-4-3-6-12(13)10-16/h3-4,6-7,14-15,17H,2,5,8-9,11H2,1H3. The highest BCUT2D eigenvalue weighted by atomic mass is 32.2. The molecule has 2 nitrogen and oxygen atoms in total. The van der Waals surface area contributed by atoms with Crippen LogP contribution in [0.25, 0.3) is 0 Å². The first-order valence-electron chi connectivity index (χ1n) is 6.68. The first kappa shape index (κ1) is 13.5. The smallest absolute Gasteiger partial charge is 0.0995 e. The normalized spacial score (nSPS) is 22.9. The summed E-state index contributed by atoms with van der Waals surface area (Å²) in [5.41, 5.74) is 1.91. The van der Waals surface area contributed by atoms with Gasteiger partial charge in [0, 0.05) is 17.8 Å². The summed E-state index contributed by atoms with van der Waals surface area (Å²) in [6.45, 7) is 3.04. The molecule has 2 rings (SSSR count). The maximum atomic E-state index is 9.06. The van der Waals surface area contributed by atoms with Gasteiger partial charge in [0.2, 0.25) is 0 Å². The molecule has 1 aliphatic rings. The van der Waals surface area contributed by atoms with Crippen LogP contribution in [0.15, 0.2) is 24.3 Å². The lowest BCUT2D eigenvalue weighted by Gasteiger charge is -2.20. The Kier molecular flexibility index (Phi) is 5.10. The van der Waals surface area contributed by atoms with Gasteiger partial charge in [0.1, 0.15) is 0 Å². The maximum Gasteiger partial charge on any atom is 0.0995 e. The van der Waals surface area contributed by atoms with Gasteiger partial charge < -0.3 is 5.32 Å². The van der Waals surface area contributed by atoms with Crippen molar-refractivity contribution in [2.24, 2.45) is 0 Å². The largest absolute Gasteiger partial charge is 0.309 e. The summed E-state index contributed by atoms with van der Waals surface area (Å²) in [7, 11) is 0.